The number of amides is 2. The average molecular weight is 342 g/mol. The summed E-state index contributed by atoms with van der Waals surface area (Å²) in [6, 6.07) is 1.34. The summed E-state index contributed by atoms with van der Waals surface area (Å²) in [6.07, 6.45) is 1.70. The normalized spacial score (nSPS) is 19.7. The van der Waals surface area contributed by atoms with Gasteiger partial charge in [0.25, 0.3) is 6.43 Å². The molecule has 2 aliphatic rings. The summed E-state index contributed by atoms with van der Waals surface area (Å²) in [7, 11) is 1.29. The SMILES string of the molecule is COc1ccc([C@@H](NC(=O)NCC2(C3CC3)CC2)C(F)F)cc1F. The minimum atomic E-state index is -2.85. The van der Waals surface area contributed by atoms with E-state index in [-0.39, 0.29) is 16.7 Å². The number of alkyl halides is 2. The Bertz CT molecular complexity index is 616. The van der Waals surface area contributed by atoms with Gasteiger partial charge >= 0.3 is 6.03 Å². The fraction of sp³-hybridized carbons (Fsp3) is 0.588. The molecule has 0 unspecified atom stereocenters. The molecule has 2 fully saturated rings. The Morgan fingerprint density at radius 3 is 2.58 bits per heavy atom. The Morgan fingerprint density at radius 1 is 1.38 bits per heavy atom. The van der Waals surface area contributed by atoms with Crippen molar-refractivity contribution in [2.45, 2.75) is 38.2 Å². The average Bonchev–Trinajstić information content (AvgIpc) is 3.43. The lowest BCUT2D eigenvalue weighted by atomic mass is 10.0. The molecular formula is C17H21F3N2O2. The van der Waals surface area contributed by atoms with E-state index in [4.69, 9.17) is 4.74 Å². The summed E-state index contributed by atoms with van der Waals surface area (Å²) in [4.78, 5) is 12.0. The number of benzene rings is 1. The molecule has 2 aliphatic carbocycles. The number of carbonyl (C=O) groups is 1. The molecule has 0 bridgehead atoms. The number of nitrogens with one attached hydrogen (secondary N) is 2. The van der Waals surface area contributed by atoms with Crippen molar-refractivity contribution in [1.82, 2.24) is 10.6 Å². The van der Waals surface area contributed by atoms with Crippen LogP contribution in [0.1, 0.15) is 37.3 Å². The Morgan fingerprint density at radius 2 is 2.08 bits per heavy atom. The first kappa shape index (κ1) is 16.9. The zero-order chi connectivity index (χ0) is 17.3. The highest BCUT2D eigenvalue weighted by molar-refractivity contribution is 5.74. The topological polar surface area (TPSA) is 50.4 Å². The number of rotatable bonds is 7. The van der Waals surface area contributed by atoms with E-state index in [1.54, 1.807) is 0 Å². The van der Waals surface area contributed by atoms with Crippen LogP contribution < -0.4 is 15.4 Å². The highest BCUT2D eigenvalue weighted by atomic mass is 19.3. The van der Waals surface area contributed by atoms with Crippen LogP contribution in [0.4, 0.5) is 18.0 Å². The maximum atomic E-state index is 13.7. The van der Waals surface area contributed by atoms with E-state index in [2.05, 4.69) is 10.6 Å². The third-order valence-electron chi connectivity index (χ3n) is 5.01. The fourth-order valence-electron chi connectivity index (χ4n) is 3.20. The molecule has 132 valence electrons. The molecule has 1 aromatic carbocycles. The Balaban J connectivity index is 1.61. The van der Waals surface area contributed by atoms with Crippen LogP contribution in [-0.4, -0.2) is 26.1 Å². The van der Waals surface area contributed by atoms with Crippen molar-refractivity contribution < 1.29 is 22.7 Å². The zero-order valence-electron chi connectivity index (χ0n) is 13.5. The first-order valence-electron chi connectivity index (χ1n) is 8.11. The molecule has 3 rings (SSSR count). The van der Waals surface area contributed by atoms with Crippen LogP contribution in [-0.2, 0) is 0 Å². The van der Waals surface area contributed by atoms with Gasteiger partial charge in [0.05, 0.1) is 7.11 Å². The van der Waals surface area contributed by atoms with Gasteiger partial charge in [0.2, 0.25) is 0 Å². The summed E-state index contributed by atoms with van der Waals surface area (Å²) in [6.45, 7) is 0.510. The maximum Gasteiger partial charge on any atom is 0.315 e. The van der Waals surface area contributed by atoms with Gasteiger partial charge in [-0.15, -0.1) is 0 Å². The van der Waals surface area contributed by atoms with Crippen molar-refractivity contribution in [3.63, 3.8) is 0 Å². The largest absolute Gasteiger partial charge is 0.494 e. The summed E-state index contributed by atoms with van der Waals surface area (Å²) in [5.41, 5.74) is 0.186. The van der Waals surface area contributed by atoms with Crippen molar-refractivity contribution >= 4 is 6.03 Å². The van der Waals surface area contributed by atoms with Crippen molar-refractivity contribution in [1.29, 1.82) is 0 Å². The van der Waals surface area contributed by atoms with Crippen molar-refractivity contribution in [3.05, 3.63) is 29.6 Å². The van der Waals surface area contributed by atoms with Gasteiger partial charge in [0, 0.05) is 6.54 Å². The van der Waals surface area contributed by atoms with E-state index in [9.17, 15) is 18.0 Å². The third-order valence-corrected chi connectivity index (χ3v) is 5.01. The monoisotopic (exact) mass is 342 g/mol. The lowest BCUT2D eigenvalue weighted by molar-refractivity contribution is 0.101. The first-order chi connectivity index (χ1) is 11.4. The van der Waals surface area contributed by atoms with Crippen molar-refractivity contribution in [3.8, 4) is 5.75 Å². The predicted octanol–water partition coefficient (Wildman–Crippen LogP) is 3.63. The van der Waals surface area contributed by atoms with Crippen LogP contribution in [0.15, 0.2) is 18.2 Å². The molecule has 0 radical (unpaired) electrons. The first-order valence-corrected chi connectivity index (χ1v) is 8.11. The van der Waals surface area contributed by atoms with E-state index in [0.29, 0.717) is 12.5 Å². The smallest absolute Gasteiger partial charge is 0.315 e. The second kappa shape index (κ2) is 6.53. The van der Waals surface area contributed by atoms with E-state index in [1.165, 1.54) is 32.1 Å². The van der Waals surface area contributed by atoms with E-state index >= 15 is 0 Å². The number of hydrogen-bond acceptors (Lipinski definition) is 2. The summed E-state index contributed by atoms with van der Waals surface area (Å²) in [5, 5.41) is 4.95. The molecule has 2 N–H and O–H groups in total. The molecular weight excluding hydrogens is 321 g/mol. The van der Waals surface area contributed by atoms with Crippen LogP contribution in [0.25, 0.3) is 0 Å². The Hall–Kier alpha value is -1.92. The van der Waals surface area contributed by atoms with Crippen LogP contribution in [0, 0.1) is 17.2 Å². The predicted molar refractivity (Wildman–Crippen MR) is 82.6 cm³/mol. The van der Waals surface area contributed by atoms with Crippen LogP contribution in [0.5, 0.6) is 5.75 Å². The van der Waals surface area contributed by atoms with E-state index in [0.717, 1.165) is 18.9 Å². The second-order valence-corrected chi connectivity index (χ2v) is 6.67. The summed E-state index contributed by atoms with van der Waals surface area (Å²) in [5.74, 6) is -0.107. The van der Waals surface area contributed by atoms with Gasteiger partial charge in [-0.25, -0.2) is 18.0 Å². The van der Waals surface area contributed by atoms with Gasteiger partial charge in [-0.2, -0.15) is 0 Å². The number of urea groups is 1. The Kier molecular flexibility index (Phi) is 4.60. The third kappa shape index (κ3) is 3.60. The van der Waals surface area contributed by atoms with Crippen LogP contribution in [0.2, 0.25) is 0 Å². The highest BCUT2D eigenvalue weighted by Gasteiger charge is 2.53. The molecule has 24 heavy (non-hydrogen) atoms. The number of hydrogen-bond donors (Lipinski definition) is 2. The standard InChI is InChI=1S/C17H21F3N2O2/c1-24-13-5-2-10(8-12(13)18)14(15(19)20)22-16(23)21-9-17(6-7-17)11-3-4-11/h2,5,8,11,14-15H,3-4,6-7,9H2,1H3,(H2,21,22,23)/t14-/m1/s1. The molecule has 0 saturated heterocycles. The molecule has 0 aliphatic heterocycles. The number of carbonyl (C=O) groups excluding carboxylic acids is 1. The number of ether oxygens (including phenoxy) is 1. The molecule has 7 heteroatoms. The number of halogens is 3. The van der Waals surface area contributed by atoms with Crippen molar-refractivity contribution in [2.75, 3.05) is 13.7 Å². The maximum absolute atomic E-state index is 13.7. The second-order valence-electron chi connectivity index (χ2n) is 6.67. The summed E-state index contributed by atoms with van der Waals surface area (Å²) >= 11 is 0. The van der Waals surface area contributed by atoms with E-state index in [1.807, 2.05) is 0 Å². The molecule has 2 saturated carbocycles. The fourth-order valence-corrected chi connectivity index (χ4v) is 3.20. The summed E-state index contributed by atoms with van der Waals surface area (Å²) < 4.78 is 45.1. The minimum absolute atomic E-state index is 0.00165. The Labute approximate surface area is 138 Å². The molecule has 0 aromatic heterocycles. The lowest BCUT2D eigenvalue weighted by Crippen LogP contribution is -2.42. The van der Waals surface area contributed by atoms with Crippen LogP contribution in [0.3, 0.4) is 0 Å². The van der Waals surface area contributed by atoms with Gasteiger partial charge in [0.15, 0.2) is 11.6 Å². The molecule has 0 spiro atoms. The van der Waals surface area contributed by atoms with Gasteiger partial charge in [-0.05, 0) is 54.7 Å². The molecule has 1 aromatic rings. The van der Waals surface area contributed by atoms with Gasteiger partial charge < -0.3 is 15.4 Å². The van der Waals surface area contributed by atoms with Crippen molar-refractivity contribution in [2.24, 2.45) is 11.3 Å². The van der Waals surface area contributed by atoms with E-state index < -0.39 is 24.3 Å². The van der Waals surface area contributed by atoms with Gasteiger partial charge in [0.1, 0.15) is 6.04 Å². The molecule has 0 heterocycles. The molecule has 1 atom stereocenters. The quantitative estimate of drug-likeness (QED) is 0.795. The highest BCUT2D eigenvalue weighted by Crippen LogP contribution is 2.60. The zero-order valence-corrected chi connectivity index (χ0v) is 13.5. The molecule has 2 amide bonds. The van der Waals surface area contributed by atoms with Gasteiger partial charge in [-0.3, -0.25) is 0 Å². The lowest BCUT2D eigenvalue weighted by Gasteiger charge is -2.21. The number of methoxy groups -OCH3 is 1. The minimum Gasteiger partial charge on any atom is -0.494 e. The molecule has 4 nitrogen and oxygen atoms in total. The van der Waals surface area contributed by atoms with Crippen LogP contribution >= 0.6 is 0 Å². The van der Waals surface area contributed by atoms with Gasteiger partial charge in [-0.1, -0.05) is 6.07 Å².